The lowest BCUT2D eigenvalue weighted by Gasteiger charge is -2.02. The molecule has 1 aliphatic rings. The quantitative estimate of drug-likeness (QED) is 0.450. The van der Waals surface area contributed by atoms with Crippen molar-refractivity contribution < 1.29 is 0 Å². The van der Waals surface area contributed by atoms with E-state index in [2.05, 4.69) is 13.8 Å². The fourth-order valence-electron chi connectivity index (χ4n) is 1.48. The fourth-order valence-corrected chi connectivity index (χ4v) is 1.48. The van der Waals surface area contributed by atoms with Gasteiger partial charge in [0.05, 0.1) is 0 Å². The average Bonchev–Trinajstić information content (AvgIpc) is 2.21. The monoisotopic (exact) mass is 141 g/mol. The summed E-state index contributed by atoms with van der Waals surface area (Å²) in [5, 5.41) is 0. The third-order valence-electron chi connectivity index (χ3n) is 2.14. The summed E-state index contributed by atoms with van der Waals surface area (Å²) in [5.41, 5.74) is 0. The number of hydrogen-bond donors (Lipinski definition) is 0. The van der Waals surface area contributed by atoms with E-state index in [-0.39, 0.29) is 0 Å². The molecule has 0 heterocycles. The van der Waals surface area contributed by atoms with Crippen LogP contribution in [0.1, 0.15) is 52.4 Å². The molecule has 0 saturated heterocycles. The normalized spacial score (nSPS) is 20.7. The van der Waals surface area contributed by atoms with E-state index in [1.807, 2.05) is 0 Å². The zero-order valence-electron chi connectivity index (χ0n) is 7.53. The maximum atomic E-state index is 3.25. The van der Waals surface area contributed by atoms with Gasteiger partial charge in [-0.2, -0.15) is 0 Å². The third-order valence-corrected chi connectivity index (χ3v) is 2.14. The molecule has 0 aromatic rings. The number of rotatable bonds is 0. The van der Waals surface area contributed by atoms with E-state index >= 15 is 0 Å². The largest absolute Gasteiger partial charge is 0.0654 e. The molecule has 0 amide bonds. The molecule has 1 fully saturated rings. The van der Waals surface area contributed by atoms with Gasteiger partial charge in [0.15, 0.2) is 0 Å². The molecule has 1 rings (SSSR count). The van der Waals surface area contributed by atoms with Crippen LogP contribution in [0.5, 0.6) is 0 Å². The van der Waals surface area contributed by atoms with Crippen LogP contribution >= 0.6 is 0 Å². The summed E-state index contributed by atoms with van der Waals surface area (Å²) >= 11 is 0. The summed E-state index contributed by atoms with van der Waals surface area (Å²) in [6.07, 6.45) is 8.93. The predicted octanol–water partition coefficient (Wildman–Crippen LogP) is 3.82. The van der Waals surface area contributed by atoms with Gasteiger partial charge in [0, 0.05) is 0 Å². The second-order valence-corrected chi connectivity index (χ2v) is 3.10. The molecule has 0 aliphatic heterocycles. The predicted molar refractivity (Wildman–Crippen MR) is 47.9 cm³/mol. The van der Waals surface area contributed by atoms with Gasteiger partial charge in [-0.15, -0.1) is 0 Å². The van der Waals surface area contributed by atoms with Gasteiger partial charge in [-0.25, -0.2) is 0 Å². The highest BCUT2D eigenvalue weighted by Crippen LogP contribution is 2.21. The molecule has 0 unspecified atom stereocenters. The highest BCUT2D eigenvalue weighted by molar-refractivity contribution is 4.58. The van der Waals surface area contributed by atoms with Crippen LogP contribution in [0.4, 0.5) is 0 Å². The Labute approximate surface area is 66.0 Å². The second-order valence-electron chi connectivity index (χ2n) is 3.10. The van der Waals surface area contributed by atoms with Crippen LogP contribution in [0, 0.1) is 12.8 Å². The summed E-state index contributed by atoms with van der Waals surface area (Å²) in [6.45, 7) is 7.38. The summed E-state index contributed by atoms with van der Waals surface area (Å²) < 4.78 is 0. The van der Waals surface area contributed by atoms with Gasteiger partial charge >= 0.3 is 0 Å². The van der Waals surface area contributed by atoms with E-state index in [9.17, 15) is 0 Å². The first-order valence-electron chi connectivity index (χ1n) is 4.60. The zero-order valence-corrected chi connectivity index (χ0v) is 7.53. The van der Waals surface area contributed by atoms with Crippen LogP contribution < -0.4 is 0 Å². The minimum absolute atomic E-state index is 1.03. The molecule has 0 atom stereocenters. The van der Waals surface area contributed by atoms with Crippen molar-refractivity contribution in [1.29, 1.82) is 0 Å². The van der Waals surface area contributed by atoms with E-state index in [1.165, 1.54) is 38.5 Å². The van der Waals surface area contributed by atoms with Crippen molar-refractivity contribution in [2.75, 3.05) is 0 Å². The van der Waals surface area contributed by atoms with Crippen molar-refractivity contribution in [3.63, 3.8) is 0 Å². The Morgan fingerprint density at radius 1 is 0.900 bits per heavy atom. The molecule has 0 aromatic heterocycles. The maximum Gasteiger partial charge on any atom is -0.0443 e. The lowest BCUT2D eigenvalue weighted by molar-refractivity contribution is 0.505. The van der Waals surface area contributed by atoms with Gasteiger partial charge in [0.1, 0.15) is 0 Å². The second kappa shape index (κ2) is 7.11. The molecular formula is C10H21. The van der Waals surface area contributed by atoms with E-state index in [0.717, 1.165) is 5.92 Å². The molecule has 10 heavy (non-hydrogen) atoms. The summed E-state index contributed by atoms with van der Waals surface area (Å²) in [4.78, 5) is 0. The maximum absolute atomic E-state index is 3.25. The van der Waals surface area contributed by atoms with Crippen molar-refractivity contribution in [1.82, 2.24) is 0 Å². The van der Waals surface area contributed by atoms with Gasteiger partial charge in [0.2, 0.25) is 0 Å². The zero-order chi connectivity index (χ0) is 7.82. The molecule has 1 saturated carbocycles. The SMILES string of the molecule is CC1CCCCCC1.[CH2]C. The van der Waals surface area contributed by atoms with Crippen LogP contribution in [0.2, 0.25) is 0 Å². The topological polar surface area (TPSA) is 0 Å². The third kappa shape index (κ3) is 4.84. The van der Waals surface area contributed by atoms with Crippen LogP contribution in [0.15, 0.2) is 0 Å². The molecule has 0 N–H and O–H groups in total. The molecule has 0 aromatic carbocycles. The Balaban J connectivity index is 0.000000371. The van der Waals surface area contributed by atoms with Crippen molar-refractivity contribution in [2.45, 2.75) is 52.4 Å². The standard InChI is InChI=1S/C8H16.C2H5/c1-8-6-4-2-3-5-7-8;1-2/h8H,2-7H2,1H3;1H2,2H3. The smallest absolute Gasteiger partial charge is 0.0443 e. The van der Waals surface area contributed by atoms with Crippen LogP contribution in [0.25, 0.3) is 0 Å². The molecular weight excluding hydrogens is 120 g/mol. The summed E-state index contributed by atoms with van der Waals surface area (Å²) in [5.74, 6) is 1.03. The van der Waals surface area contributed by atoms with Crippen molar-refractivity contribution in [3.8, 4) is 0 Å². The lowest BCUT2D eigenvalue weighted by Crippen LogP contribution is -1.88. The van der Waals surface area contributed by atoms with E-state index < -0.39 is 0 Å². The van der Waals surface area contributed by atoms with Crippen LogP contribution in [0.3, 0.4) is 0 Å². The first-order chi connectivity index (χ1) is 4.89. The lowest BCUT2D eigenvalue weighted by atomic mass is 10.0. The minimum atomic E-state index is 1.03. The molecule has 61 valence electrons. The highest BCUT2D eigenvalue weighted by atomic mass is 14.1. The number of hydrogen-bond acceptors (Lipinski definition) is 0. The van der Waals surface area contributed by atoms with Crippen molar-refractivity contribution in [3.05, 3.63) is 6.92 Å². The molecule has 0 spiro atoms. The molecule has 1 radical (unpaired) electrons. The van der Waals surface area contributed by atoms with Crippen LogP contribution in [-0.2, 0) is 0 Å². The van der Waals surface area contributed by atoms with Crippen molar-refractivity contribution >= 4 is 0 Å². The Bertz CT molecular complexity index is 49.1. The Morgan fingerprint density at radius 3 is 1.70 bits per heavy atom. The van der Waals surface area contributed by atoms with E-state index in [1.54, 1.807) is 6.92 Å². The van der Waals surface area contributed by atoms with Gasteiger partial charge in [-0.05, 0) is 5.92 Å². The first kappa shape index (κ1) is 10.0. The molecule has 1 aliphatic carbocycles. The van der Waals surface area contributed by atoms with E-state index in [0.29, 0.717) is 0 Å². The average molecular weight is 141 g/mol. The van der Waals surface area contributed by atoms with E-state index in [4.69, 9.17) is 0 Å². The highest BCUT2D eigenvalue weighted by Gasteiger charge is 2.04. The molecule has 0 nitrogen and oxygen atoms in total. The molecule has 0 bridgehead atoms. The first-order valence-corrected chi connectivity index (χ1v) is 4.60. The Hall–Kier alpha value is 0. The van der Waals surface area contributed by atoms with Crippen molar-refractivity contribution in [2.24, 2.45) is 5.92 Å². The van der Waals surface area contributed by atoms with Gasteiger partial charge < -0.3 is 0 Å². The van der Waals surface area contributed by atoms with Gasteiger partial charge in [-0.3, -0.25) is 0 Å². The van der Waals surface area contributed by atoms with Crippen LogP contribution in [-0.4, -0.2) is 0 Å². The van der Waals surface area contributed by atoms with Gasteiger partial charge in [0.25, 0.3) is 0 Å². The Kier molecular flexibility index (Phi) is 7.11. The molecule has 0 heteroatoms. The minimum Gasteiger partial charge on any atom is -0.0654 e. The fraction of sp³-hybridized carbons (Fsp3) is 0.900. The van der Waals surface area contributed by atoms with Gasteiger partial charge in [-0.1, -0.05) is 59.3 Å². The Morgan fingerprint density at radius 2 is 1.30 bits per heavy atom. The summed E-state index contributed by atoms with van der Waals surface area (Å²) in [7, 11) is 0. The summed E-state index contributed by atoms with van der Waals surface area (Å²) in [6, 6.07) is 0.